The number of nitrogens with one attached hydrogen (secondary N) is 1. The number of aromatic amines is 1. The van der Waals surface area contributed by atoms with Gasteiger partial charge in [-0.25, -0.2) is 0 Å². The Hall–Kier alpha value is -2.11. The quantitative estimate of drug-likeness (QED) is 0.915. The van der Waals surface area contributed by atoms with Crippen LogP contribution in [-0.4, -0.2) is 43.9 Å². The van der Waals surface area contributed by atoms with Crippen LogP contribution in [0.1, 0.15) is 29.0 Å². The highest BCUT2D eigenvalue weighted by Gasteiger charge is 2.26. The van der Waals surface area contributed by atoms with E-state index in [9.17, 15) is 4.79 Å². The summed E-state index contributed by atoms with van der Waals surface area (Å²) in [6.45, 7) is 1.65. The number of H-pyrrole nitrogens is 1. The summed E-state index contributed by atoms with van der Waals surface area (Å²) in [6.07, 6.45) is 6.61. The Kier molecular flexibility index (Phi) is 3.54. The first-order valence-corrected chi connectivity index (χ1v) is 6.99. The summed E-state index contributed by atoms with van der Waals surface area (Å²) in [4.78, 5) is 14.4. The standard InChI is InChI=1S/C14H19N5O/c1-18-13(5-7-16-18)14(20)19-8-2-3-11(10-19)9-12-4-6-15-17-12/h4-7,11H,2-3,8-10H2,1H3,(H,15,17)/t11-/m1/s1. The Morgan fingerprint density at radius 3 is 3.05 bits per heavy atom. The smallest absolute Gasteiger partial charge is 0.272 e. The molecule has 0 spiro atoms. The maximum absolute atomic E-state index is 12.5. The highest BCUT2D eigenvalue weighted by Crippen LogP contribution is 2.21. The summed E-state index contributed by atoms with van der Waals surface area (Å²) in [5, 5.41) is 11.0. The van der Waals surface area contributed by atoms with Crippen molar-refractivity contribution in [3.8, 4) is 0 Å². The number of carbonyl (C=O) groups excluding carboxylic acids is 1. The van der Waals surface area contributed by atoms with Gasteiger partial charge in [0.2, 0.25) is 0 Å². The molecule has 3 heterocycles. The van der Waals surface area contributed by atoms with Crippen LogP contribution >= 0.6 is 0 Å². The molecule has 1 aliphatic rings. The van der Waals surface area contributed by atoms with Gasteiger partial charge < -0.3 is 4.90 Å². The van der Waals surface area contributed by atoms with Crippen LogP contribution in [0, 0.1) is 5.92 Å². The second-order valence-corrected chi connectivity index (χ2v) is 5.39. The number of likely N-dealkylation sites (tertiary alicyclic amines) is 1. The van der Waals surface area contributed by atoms with E-state index >= 15 is 0 Å². The van der Waals surface area contributed by atoms with E-state index in [4.69, 9.17) is 0 Å². The first kappa shape index (κ1) is 12.9. The predicted octanol–water partition coefficient (Wildman–Crippen LogP) is 1.24. The van der Waals surface area contributed by atoms with E-state index in [1.807, 2.05) is 11.0 Å². The summed E-state index contributed by atoms with van der Waals surface area (Å²) in [6, 6.07) is 3.78. The highest BCUT2D eigenvalue weighted by molar-refractivity contribution is 5.92. The maximum atomic E-state index is 12.5. The first-order valence-electron chi connectivity index (χ1n) is 6.99. The normalized spacial score (nSPS) is 19.2. The van der Waals surface area contributed by atoms with Gasteiger partial charge in [0.15, 0.2) is 0 Å². The Bertz CT molecular complexity index is 574. The van der Waals surface area contributed by atoms with Gasteiger partial charge in [0, 0.05) is 38.2 Å². The molecule has 106 valence electrons. The zero-order chi connectivity index (χ0) is 13.9. The molecule has 1 amide bonds. The van der Waals surface area contributed by atoms with Gasteiger partial charge in [-0.2, -0.15) is 10.2 Å². The molecule has 3 rings (SSSR count). The number of aromatic nitrogens is 4. The van der Waals surface area contributed by atoms with Crippen LogP contribution in [0.25, 0.3) is 0 Å². The van der Waals surface area contributed by atoms with Crippen LogP contribution in [0.5, 0.6) is 0 Å². The van der Waals surface area contributed by atoms with Crippen LogP contribution in [0.2, 0.25) is 0 Å². The van der Waals surface area contributed by atoms with Gasteiger partial charge in [0.05, 0.1) is 0 Å². The molecule has 0 radical (unpaired) electrons. The van der Waals surface area contributed by atoms with Crippen molar-refractivity contribution in [3.05, 3.63) is 35.9 Å². The summed E-state index contributed by atoms with van der Waals surface area (Å²) >= 11 is 0. The lowest BCUT2D eigenvalue weighted by Crippen LogP contribution is -2.41. The van der Waals surface area contributed by atoms with Crippen molar-refractivity contribution in [2.24, 2.45) is 13.0 Å². The van der Waals surface area contributed by atoms with E-state index in [0.717, 1.165) is 38.0 Å². The molecule has 20 heavy (non-hydrogen) atoms. The number of piperidine rings is 1. The third-order valence-corrected chi connectivity index (χ3v) is 3.91. The van der Waals surface area contributed by atoms with E-state index < -0.39 is 0 Å². The van der Waals surface area contributed by atoms with Crippen LogP contribution < -0.4 is 0 Å². The van der Waals surface area contributed by atoms with Crippen LogP contribution in [0.15, 0.2) is 24.5 Å². The molecule has 0 unspecified atom stereocenters. The molecule has 6 nitrogen and oxygen atoms in total. The van der Waals surface area contributed by atoms with Crippen molar-refractivity contribution in [2.45, 2.75) is 19.3 Å². The zero-order valence-corrected chi connectivity index (χ0v) is 11.6. The molecule has 1 fully saturated rings. The molecule has 0 aromatic carbocycles. The van der Waals surface area contributed by atoms with Crippen molar-refractivity contribution in [3.63, 3.8) is 0 Å². The molecule has 1 aliphatic heterocycles. The number of aryl methyl sites for hydroxylation is 1. The molecule has 1 atom stereocenters. The molecule has 1 N–H and O–H groups in total. The number of nitrogens with zero attached hydrogens (tertiary/aromatic N) is 4. The van der Waals surface area contributed by atoms with Gasteiger partial charge in [0.25, 0.3) is 5.91 Å². The minimum Gasteiger partial charge on any atom is -0.337 e. The van der Waals surface area contributed by atoms with Crippen LogP contribution in [0.4, 0.5) is 0 Å². The lowest BCUT2D eigenvalue weighted by Gasteiger charge is -2.32. The predicted molar refractivity (Wildman–Crippen MR) is 74.1 cm³/mol. The fraction of sp³-hybridized carbons (Fsp3) is 0.500. The molecule has 2 aromatic rings. The lowest BCUT2D eigenvalue weighted by molar-refractivity contribution is 0.0661. The van der Waals surface area contributed by atoms with Crippen LogP contribution in [0.3, 0.4) is 0 Å². The Labute approximate surface area is 117 Å². The van der Waals surface area contributed by atoms with Crippen molar-refractivity contribution in [1.82, 2.24) is 24.9 Å². The largest absolute Gasteiger partial charge is 0.337 e. The van der Waals surface area contributed by atoms with Crippen LogP contribution in [-0.2, 0) is 13.5 Å². The SMILES string of the molecule is Cn1nccc1C(=O)N1CCC[C@H](Cc2ccn[nH]2)C1. The van der Waals surface area contributed by atoms with Gasteiger partial charge in [-0.3, -0.25) is 14.6 Å². The van der Waals surface area contributed by atoms with Crippen molar-refractivity contribution < 1.29 is 4.79 Å². The third kappa shape index (κ3) is 2.59. The zero-order valence-electron chi connectivity index (χ0n) is 11.6. The summed E-state index contributed by atoms with van der Waals surface area (Å²) in [5.41, 5.74) is 1.80. The Morgan fingerprint density at radius 1 is 1.45 bits per heavy atom. The number of hydrogen-bond donors (Lipinski definition) is 1. The van der Waals surface area contributed by atoms with Gasteiger partial charge in [-0.15, -0.1) is 0 Å². The molecule has 0 saturated carbocycles. The van der Waals surface area contributed by atoms with E-state index in [-0.39, 0.29) is 5.91 Å². The first-order chi connectivity index (χ1) is 9.74. The van der Waals surface area contributed by atoms with E-state index in [1.54, 1.807) is 30.2 Å². The third-order valence-electron chi connectivity index (χ3n) is 3.91. The average molecular weight is 273 g/mol. The summed E-state index contributed by atoms with van der Waals surface area (Å²) < 4.78 is 1.64. The van der Waals surface area contributed by atoms with Gasteiger partial charge >= 0.3 is 0 Å². The minimum absolute atomic E-state index is 0.0827. The van der Waals surface area contributed by atoms with Crippen molar-refractivity contribution in [2.75, 3.05) is 13.1 Å². The molecule has 0 bridgehead atoms. The monoisotopic (exact) mass is 273 g/mol. The molecule has 2 aromatic heterocycles. The van der Waals surface area contributed by atoms with E-state index in [0.29, 0.717) is 11.6 Å². The number of hydrogen-bond acceptors (Lipinski definition) is 3. The number of amides is 1. The summed E-state index contributed by atoms with van der Waals surface area (Å²) in [7, 11) is 1.80. The molecule has 6 heteroatoms. The lowest BCUT2D eigenvalue weighted by atomic mass is 9.93. The van der Waals surface area contributed by atoms with Crippen molar-refractivity contribution in [1.29, 1.82) is 0 Å². The molecular formula is C14H19N5O. The fourth-order valence-corrected chi connectivity index (χ4v) is 2.87. The van der Waals surface area contributed by atoms with Gasteiger partial charge in [-0.1, -0.05) is 0 Å². The number of carbonyl (C=O) groups is 1. The Morgan fingerprint density at radius 2 is 2.35 bits per heavy atom. The topological polar surface area (TPSA) is 66.8 Å². The van der Waals surface area contributed by atoms with Gasteiger partial charge in [-0.05, 0) is 37.3 Å². The summed E-state index contributed by atoms with van der Waals surface area (Å²) in [5.74, 6) is 0.584. The molecule has 1 saturated heterocycles. The fourth-order valence-electron chi connectivity index (χ4n) is 2.87. The number of rotatable bonds is 3. The minimum atomic E-state index is 0.0827. The second-order valence-electron chi connectivity index (χ2n) is 5.39. The van der Waals surface area contributed by atoms with Gasteiger partial charge in [0.1, 0.15) is 5.69 Å². The molecule has 0 aliphatic carbocycles. The Balaban J connectivity index is 1.66. The molecular weight excluding hydrogens is 254 g/mol. The highest BCUT2D eigenvalue weighted by atomic mass is 16.2. The van der Waals surface area contributed by atoms with E-state index in [1.165, 1.54) is 0 Å². The van der Waals surface area contributed by atoms with E-state index in [2.05, 4.69) is 15.3 Å². The average Bonchev–Trinajstić information content (AvgIpc) is 3.10. The second kappa shape index (κ2) is 5.48. The maximum Gasteiger partial charge on any atom is 0.272 e. The van der Waals surface area contributed by atoms with Crippen molar-refractivity contribution >= 4 is 5.91 Å².